The molecule has 0 fully saturated rings. The Hall–Kier alpha value is -6.20. The van der Waals surface area contributed by atoms with Crippen LogP contribution in [-0.4, -0.2) is 14.5 Å². The molecule has 0 unspecified atom stereocenters. The molecule has 45 heavy (non-hydrogen) atoms. The molecule has 0 radical (unpaired) electrons. The van der Waals surface area contributed by atoms with Gasteiger partial charge in [-0.05, 0) is 36.4 Å². The third-order valence-corrected chi connectivity index (χ3v) is 8.84. The summed E-state index contributed by atoms with van der Waals surface area (Å²) in [6.07, 6.45) is 0. The predicted octanol–water partition coefficient (Wildman–Crippen LogP) is 10.7. The molecule has 0 aliphatic rings. The number of rotatable bonds is 3. The van der Waals surface area contributed by atoms with Gasteiger partial charge in [0.1, 0.15) is 28.1 Å². The van der Waals surface area contributed by atoms with Crippen molar-refractivity contribution < 1.29 is 8.83 Å². The van der Waals surface area contributed by atoms with Crippen LogP contribution in [0.25, 0.3) is 94.1 Å². The molecule has 5 heteroatoms. The minimum Gasteiger partial charge on any atom is -0.455 e. The van der Waals surface area contributed by atoms with Crippen LogP contribution in [-0.2, 0) is 0 Å². The maximum Gasteiger partial charge on any atom is 0.165 e. The first-order valence-electron chi connectivity index (χ1n) is 15.0. The minimum atomic E-state index is 0.603. The molecule has 0 N–H and O–H groups in total. The highest BCUT2D eigenvalue weighted by atomic mass is 16.3. The van der Waals surface area contributed by atoms with Gasteiger partial charge in [-0.3, -0.25) is 4.57 Å². The van der Waals surface area contributed by atoms with Gasteiger partial charge in [0.15, 0.2) is 5.82 Å². The zero-order valence-corrected chi connectivity index (χ0v) is 23.9. The molecule has 0 saturated heterocycles. The molecule has 10 rings (SSSR count). The molecule has 6 aromatic carbocycles. The second-order valence-electron chi connectivity index (χ2n) is 11.4. The van der Waals surface area contributed by atoms with Crippen LogP contribution in [0, 0.1) is 0 Å². The predicted molar refractivity (Wildman–Crippen MR) is 182 cm³/mol. The van der Waals surface area contributed by atoms with Gasteiger partial charge in [0.25, 0.3) is 0 Å². The molecule has 10 aromatic rings. The highest BCUT2D eigenvalue weighted by molar-refractivity contribution is 6.23. The Bertz CT molecular complexity index is 2770. The zero-order chi connectivity index (χ0) is 29.5. The summed E-state index contributed by atoms with van der Waals surface area (Å²) in [5.41, 5.74) is 8.15. The Morgan fingerprint density at radius 2 is 1.11 bits per heavy atom. The number of benzene rings is 6. The van der Waals surface area contributed by atoms with Gasteiger partial charge in [-0.15, -0.1) is 0 Å². The Morgan fingerprint density at radius 3 is 1.91 bits per heavy atom. The Labute approximate surface area is 256 Å². The van der Waals surface area contributed by atoms with E-state index in [0.717, 1.165) is 88.3 Å². The summed E-state index contributed by atoms with van der Waals surface area (Å²) in [6, 6.07) is 47.7. The largest absolute Gasteiger partial charge is 0.455 e. The fraction of sp³-hybridized carbons (Fsp3) is 0. The first-order chi connectivity index (χ1) is 22.3. The van der Waals surface area contributed by atoms with Crippen LogP contribution in [0.2, 0.25) is 0 Å². The average molecular weight is 578 g/mol. The Kier molecular flexibility index (Phi) is 4.93. The molecule has 0 bridgehead atoms. The summed E-state index contributed by atoms with van der Waals surface area (Å²) in [6.45, 7) is 0. The van der Waals surface area contributed by atoms with Gasteiger partial charge in [-0.2, -0.15) is 0 Å². The number of furan rings is 2. The molecule has 210 valence electrons. The van der Waals surface area contributed by atoms with Gasteiger partial charge in [0.05, 0.1) is 27.7 Å². The van der Waals surface area contributed by atoms with Crippen molar-refractivity contribution in [3.63, 3.8) is 0 Å². The van der Waals surface area contributed by atoms with Crippen LogP contribution in [0.4, 0.5) is 0 Å². The van der Waals surface area contributed by atoms with Crippen molar-refractivity contribution in [2.75, 3.05) is 0 Å². The molecule has 4 heterocycles. The van der Waals surface area contributed by atoms with Crippen molar-refractivity contribution >= 4 is 65.7 Å². The van der Waals surface area contributed by atoms with E-state index in [9.17, 15) is 0 Å². The van der Waals surface area contributed by atoms with E-state index < -0.39 is 0 Å². The van der Waals surface area contributed by atoms with E-state index in [1.807, 2.05) is 54.6 Å². The van der Waals surface area contributed by atoms with Gasteiger partial charge < -0.3 is 8.83 Å². The van der Waals surface area contributed by atoms with E-state index in [4.69, 9.17) is 18.8 Å². The number of hydrogen-bond donors (Lipinski definition) is 0. The lowest BCUT2D eigenvalue weighted by Crippen LogP contribution is -2.02. The number of para-hydroxylation sites is 4. The van der Waals surface area contributed by atoms with Crippen molar-refractivity contribution in [1.29, 1.82) is 0 Å². The number of aromatic nitrogens is 3. The van der Waals surface area contributed by atoms with Crippen LogP contribution in [0.15, 0.2) is 148 Å². The van der Waals surface area contributed by atoms with Crippen molar-refractivity contribution in [3.05, 3.63) is 140 Å². The third-order valence-electron chi connectivity index (χ3n) is 8.84. The number of hydrogen-bond acceptors (Lipinski definition) is 4. The van der Waals surface area contributed by atoms with E-state index in [1.54, 1.807) is 0 Å². The molecular formula is C40H23N3O2. The van der Waals surface area contributed by atoms with E-state index >= 15 is 0 Å². The van der Waals surface area contributed by atoms with Crippen molar-refractivity contribution in [2.45, 2.75) is 0 Å². The summed E-state index contributed by atoms with van der Waals surface area (Å²) in [5, 5.41) is 6.51. The third kappa shape index (κ3) is 3.49. The van der Waals surface area contributed by atoms with Crippen molar-refractivity contribution in [1.82, 2.24) is 14.5 Å². The quantitative estimate of drug-likeness (QED) is 0.210. The number of nitrogens with zero attached hydrogens (tertiary/aromatic N) is 3. The maximum absolute atomic E-state index is 6.53. The standard InChI is InChI=1S/C40H23N3O2/c1-2-11-24(12-3-1)31-23-36(42-40(41-31)30-17-10-16-27-25-13-5-8-19-34(25)44-38(27)30)43-32-18-7-4-15-29(32)37-33(43)22-21-28-26-14-6-9-20-35(26)45-39(28)37/h1-23H. The molecule has 0 aliphatic heterocycles. The van der Waals surface area contributed by atoms with Crippen molar-refractivity contribution in [2.24, 2.45) is 0 Å². The lowest BCUT2D eigenvalue weighted by molar-refractivity contribution is 0.669. The van der Waals surface area contributed by atoms with Gasteiger partial charge in [0, 0.05) is 38.6 Å². The van der Waals surface area contributed by atoms with E-state index in [0.29, 0.717) is 5.82 Å². The SMILES string of the molecule is c1ccc(-c2cc(-n3c4ccccc4c4c5oc6ccccc6c5ccc43)nc(-c3cccc4c3oc3ccccc34)n2)cc1. The lowest BCUT2D eigenvalue weighted by atomic mass is 10.1. The smallest absolute Gasteiger partial charge is 0.165 e. The van der Waals surface area contributed by atoms with Gasteiger partial charge >= 0.3 is 0 Å². The van der Waals surface area contributed by atoms with Crippen molar-refractivity contribution in [3.8, 4) is 28.5 Å². The van der Waals surface area contributed by atoms with Crippen LogP contribution < -0.4 is 0 Å². The summed E-state index contributed by atoms with van der Waals surface area (Å²) in [5.74, 6) is 1.38. The minimum absolute atomic E-state index is 0.603. The Morgan fingerprint density at radius 1 is 0.467 bits per heavy atom. The first-order valence-corrected chi connectivity index (χ1v) is 15.0. The fourth-order valence-electron chi connectivity index (χ4n) is 6.83. The number of fused-ring (bicyclic) bond motifs is 10. The topological polar surface area (TPSA) is 57.0 Å². The fourth-order valence-corrected chi connectivity index (χ4v) is 6.83. The molecular weight excluding hydrogens is 554 g/mol. The lowest BCUT2D eigenvalue weighted by Gasteiger charge is -2.12. The summed E-state index contributed by atoms with van der Waals surface area (Å²) >= 11 is 0. The van der Waals surface area contributed by atoms with Gasteiger partial charge in [-0.1, -0.05) is 97.1 Å². The first kappa shape index (κ1) is 24.3. The van der Waals surface area contributed by atoms with Crippen LogP contribution >= 0.6 is 0 Å². The normalized spacial score (nSPS) is 12.0. The summed E-state index contributed by atoms with van der Waals surface area (Å²) < 4.78 is 15.2. The van der Waals surface area contributed by atoms with E-state index in [2.05, 4.69) is 89.5 Å². The maximum atomic E-state index is 6.53. The van der Waals surface area contributed by atoms with Gasteiger partial charge in [-0.25, -0.2) is 9.97 Å². The monoisotopic (exact) mass is 577 g/mol. The summed E-state index contributed by atoms with van der Waals surface area (Å²) in [4.78, 5) is 10.4. The van der Waals surface area contributed by atoms with E-state index in [1.165, 1.54) is 0 Å². The highest BCUT2D eigenvalue weighted by Gasteiger charge is 2.21. The molecule has 0 spiro atoms. The Balaban J connectivity index is 1.31. The molecule has 0 aliphatic carbocycles. The molecule has 5 nitrogen and oxygen atoms in total. The second-order valence-corrected chi connectivity index (χ2v) is 11.4. The zero-order valence-electron chi connectivity index (χ0n) is 23.9. The van der Waals surface area contributed by atoms with Crippen LogP contribution in [0.1, 0.15) is 0 Å². The molecule has 0 atom stereocenters. The molecule has 0 amide bonds. The molecule has 0 saturated carbocycles. The van der Waals surface area contributed by atoms with E-state index in [-0.39, 0.29) is 0 Å². The second kappa shape index (κ2) is 9.15. The molecule has 4 aromatic heterocycles. The average Bonchev–Trinajstić information content (AvgIpc) is 3.78. The van der Waals surface area contributed by atoms with Gasteiger partial charge in [0.2, 0.25) is 0 Å². The highest BCUT2D eigenvalue weighted by Crippen LogP contribution is 2.41. The summed E-state index contributed by atoms with van der Waals surface area (Å²) in [7, 11) is 0. The van der Waals surface area contributed by atoms with Crippen LogP contribution in [0.3, 0.4) is 0 Å². The van der Waals surface area contributed by atoms with Crippen LogP contribution in [0.5, 0.6) is 0 Å².